The average molecular weight is 357 g/mol. The van der Waals surface area contributed by atoms with Gasteiger partial charge in [-0.25, -0.2) is 0 Å². The SMILES string of the molecule is CCCCCCCCCCCCCCCC(C)C1(C)OCC(CO)O1. The first-order valence-corrected chi connectivity index (χ1v) is 11.0. The number of ether oxygens (including phenoxy) is 2. The third-order valence-electron chi connectivity index (χ3n) is 5.80. The third-order valence-corrected chi connectivity index (χ3v) is 5.80. The Kier molecular flexibility index (Phi) is 12.8. The lowest BCUT2D eigenvalue weighted by Crippen LogP contribution is -2.35. The summed E-state index contributed by atoms with van der Waals surface area (Å²) in [5.41, 5.74) is 0. The third kappa shape index (κ3) is 9.96. The number of aliphatic hydroxyl groups excluding tert-OH is 1. The lowest BCUT2D eigenvalue weighted by Gasteiger charge is -2.30. The molecule has 1 saturated heterocycles. The molecule has 0 saturated carbocycles. The van der Waals surface area contributed by atoms with Crippen LogP contribution in [0.1, 0.15) is 111 Å². The highest BCUT2D eigenvalue weighted by Crippen LogP contribution is 2.33. The molecule has 3 unspecified atom stereocenters. The molecule has 1 N–H and O–H groups in total. The lowest BCUT2D eigenvalue weighted by molar-refractivity contribution is -0.191. The van der Waals surface area contributed by atoms with Crippen molar-refractivity contribution in [3.05, 3.63) is 0 Å². The summed E-state index contributed by atoms with van der Waals surface area (Å²) in [6.45, 7) is 7.09. The van der Waals surface area contributed by atoms with Crippen LogP contribution in [0, 0.1) is 5.92 Å². The fourth-order valence-corrected chi connectivity index (χ4v) is 3.74. The summed E-state index contributed by atoms with van der Waals surface area (Å²) in [7, 11) is 0. The van der Waals surface area contributed by atoms with E-state index in [1.54, 1.807) is 0 Å². The molecule has 0 aromatic carbocycles. The summed E-state index contributed by atoms with van der Waals surface area (Å²) >= 11 is 0. The van der Waals surface area contributed by atoms with Crippen LogP contribution in [-0.2, 0) is 9.47 Å². The van der Waals surface area contributed by atoms with Crippen molar-refractivity contribution in [2.75, 3.05) is 13.2 Å². The van der Waals surface area contributed by atoms with Crippen molar-refractivity contribution >= 4 is 0 Å². The Morgan fingerprint density at radius 1 is 0.880 bits per heavy atom. The molecule has 0 spiro atoms. The maximum atomic E-state index is 9.17. The zero-order valence-corrected chi connectivity index (χ0v) is 17.2. The van der Waals surface area contributed by atoms with Crippen molar-refractivity contribution < 1.29 is 14.6 Å². The van der Waals surface area contributed by atoms with Crippen molar-refractivity contribution in [1.82, 2.24) is 0 Å². The first kappa shape index (κ1) is 22.9. The zero-order valence-electron chi connectivity index (χ0n) is 17.2. The van der Waals surface area contributed by atoms with Crippen LogP contribution in [0.5, 0.6) is 0 Å². The summed E-state index contributed by atoms with van der Waals surface area (Å²) in [6.07, 6.45) is 19.1. The number of hydrogen-bond donors (Lipinski definition) is 1. The molecule has 1 fully saturated rings. The first-order valence-electron chi connectivity index (χ1n) is 11.0. The van der Waals surface area contributed by atoms with Crippen molar-refractivity contribution in [1.29, 1.82) is 0 Å². The van der Waals surface area contributed by atoms with Gasteiger partial charge in [0, 0.05) is 5.92 Å². The van der Waals surface area contributed by atoms with Crippen LogP contribution in [0.2, 0.25) is 0 Å². The Morgan fingerprint density at radius 2 is 1.36 bits per heavy atom. The molecule has 1 rings (SSSR count). The standard InChI is InChI=1S/C22H44O3/c1-4-5-6-7-8-9-10-11-12-13-14-15-16-17-20(2)22(3)24-19-21(18-23)25-22/h20-21,23H,4-19H2,1-3H3. The number of hydrogen-bond acceptors (Lipinski definition) is 3. The molecule has 1 aliphatic heterocycles. The molecule has 3 atom stereocenters. The van der Waals surface area contributed by atoms with E-state index in [0.29, 0.717) is 12.5 Å². The predicted molar refractivity (Wildman–Crippen MR) is 106 cm³/mol. The van der Waals surface area contributed by atoms with Gasteiger partial charge in [0.15, 0.2) is 5.79 Å². The molecule has 0 bridgehead atoms. The summed E-state index contributed by atoms with van der Waals surface area (Å²) in [5, 5.41) is 9.17. The van der Waals surface area contributed by atoms with E-state index >= 15 is 0 Å². The van der Waals surface area contributed by atoms with Gasteiger partial charge in [0.05, 0.1) is 13.2 Å². The van der Waals surface area contributed by atoms with E-state index in [0.717, 1.165) is 6.42 Å². The highest BCUT2D eigenvalue weighted by Gasteiger charge is 2.41. The van der Waals surface area contributed by atoms with E-state index in [9.17, 15) is 5.11 Å². The molecular formula is C22H44O3. The van der Waals surface area contributed by atoms with Gasteiger partial charge in [-0.1, -0.05) is 97.3 Å². The van der Waals surface area contributed by atoms with E-state index in [1.165, 1.54) is 83.5 Å². The van der Waals surface area contributed by atoms with E-state index in [2.05, 4.69) is 13.8 Å². The van der Waals surface area contributed by atoms with Crippen molar-refractivity contribution in [3.8, 4) is 0 Å². The zero-order chi connectivity index (χ0) is 18.4. The Bertz CT molecular complexity index is 308. The maximum Gasteiger partial charge on any atom is 0.168 e. The average Bonchev–Trinajstić information content (AvgIpc) is 3.01. The quantitative estimate of drug-likeness (QED) is 0.333. The Hall–Kier alpha value is -0.120. The van der Waals surface area contributed by atoms with Crippen LogP contribution < -0.4 is 0 Å². The Balaban J connectivity index is 1.87. The maximum absolute atomic E-state index is 9.17. The van der Waals surface area contributed by atoms with E-state index in [-0.39, 0.29) is 12.7 Å². The summed E-state index contributed by atoms with van der Waals surface area (Å²) < 4.78 is 11.6. The van der Waals surface area contributed by atoms with Crippen LogP contribution in [0.25, 0.3) is 0 Å². The van der Waals surface area contributed by atoms with Gasteiger partial charge < -0.3 is 14.6 Å². The van der Waals surface area contributed by atoms with Gasteiger partial charge in [-0.05, 0) is 13.3 Å². The summed E-state index contributed by atoms with van der Waals surface area (Å²) in [5.74, 6) is -0.110. The largest absolute Gasteiger partial charge is 0.394 e. The molecule has 0 amide bonds. The van der Waals surface area contributed by atoms with Crippen LogP contribution in [-0.4, -0.2) is 30.2 Å². The predicted octanol–water partition coefficient (Wildman–Crippen LogP) is 6.23. The monoisotopic (exact) mass is 356 g/mol. The van der Waals surface area contributed by atoms with E-state index in [4.69, 9.17) is 9.47 Å². The van der Waals surface area contributed by atoms with Crippen LogP contribution in [0.15, 0.2) is 0 Å². The second-order valence-corrected chi connectivity index (χ2v) is 8.18. The lowest BCUT2D eigenvalue weighted by atomic mass is 9.94. The van der Waals surface area contributed by atoms with Gasteiger partial charge in [-0.2, -0.15) is 0 Å². The molecule has 1 heterocycles. The topological polar surface area (TPSA) is 38.7 Å². The molecular weight excluding hydrogens is 312 g/mol. The van der Waals surface area contributed by atoms with Crippen LogP contribution >= 0.6 is 0 Å². The molecule has 25 heavy (non-hydrogen) atoms. The molecule has 0 aliphatic carbocycles. The van der Waals surface area contributed by atoms with Crippen molar-refractivity contribution in [2.45, 2.75) is 123 Å². The number of unbranched alkanes of at least 4 members (excludes halogenated alkanes) is 12. The highest BCUT2D eigenvalue weighted by atomic mass is 16.7. The highest BCUT2D eigenvalue weighted by molar-refractivity contribution is 4.79. The van der Waals surface area contributed by atoms with Gasteiger partial charge >= 0.3 is 0 Å². The van der Waals surface area contributed by atoms with Gasteiger partial charge in [-0.3, -0.25) is 0 Å². The minimum Gasteiger partial charge on any atom is -0.394 e. The van der Waals surface area contributed by atoms with Crippen molar-refractivity contribution in [2.24, 2.45) is 5.92 Å². The smallest absolute Gasteiger partial charge is 0.168 e. The molecule has 1 aliphatic rings. The van der Waals surface area contributed by atoms with Gasteiger partial charge in [0.1, 0.15) is 6.10 Å². The van der Waals surface area contributed by atoms with E-state index < -0.39 is 5.79 Å². The second kappa shape index (κ2) is 14.0. The molecule has 0 aromatic heterocycles. The van der Waals surface area contributed by atoms with E-state index in [1.807, 2.05) is 6.92 Å². The Labute approximate surface area is 156 Å². The molecule has 3 nitrogen and oxygen atoms in total. The first-order chi connectivity index (χ1) is 12.1. The van der Waals surface area contributed by atoms with Gasteiger partial charge in [-0.15, -0.1) is 0 Å². The van der Waals surface area contributed by atoms with Gasteiger partial charge in [0.25, 0.3) is 0 Å². The number of aliphatic hydroxyl groups is 1. The minimum absolute atomic E-state index is 0.0566. The molecule has 150 valence electrons. The summed E-state index contributed by atoms with van der Waals surface area (Å²) in [4.78, 5) is 0. The summed E-state index contributed by atoms with van der Waals surface area (Å²) in [6, 6.07) is 0. The minimum atomic E-state index is -0.496. The fourth-order valence-electron chi connectivity index (χ4n) is 3.74. The number of rotatable bonds is 16. The second-order valence-electron chi connectivity index (χ2n) is 8.18. The Morgan fingerprint density at radius 3 is 1.80 bits per heavy atom. The fraction of sp³-hybridized carbons (Fsp3) is 1.00. The molecule has 0 radical (unpaired) electrons. The van der Waals surface area contributed by atoms with Crippen LogP contribution in [0.4, 0.5) is 0 Å². The van der Waals surface area contributed by atoms with Crippen LogP contribution in [0.3, 0.4) is 0 Å². The molecule has 3 heteroatoms. The molecule has 0 aromatic rings. The normalized spacial score (nSPS) is 24.7. The van der Waals surface area contributed by atoms with Gasteiger partial charge in [0.2, 0.25) is 0 Å². The van der Waals surface area contributed by atoms with Crippen molar-refractivity contribution in [3.63, 3.8) is 0 Å².